The molecule has 1 fully saturated rings. The van der Waals surface area contributed by atoms with Gasteiger partial charge in [-0.15, -0.1) is 10.2 Å². The molecule has 1 aromatic carbocycles. The highest BCUT2D eigenvalue weighted by atomic mass is 32.2. The standard InChI is InChI=1S/C20H28N4O3S2/c1-4-24(13-16-8-6-5-7-9-16)19(25)15(2)28-20-22-21-18(23(20)3)12-17-10-11-29(26,27)14-17/h5-9,15,17H,4,10-14H2,1-3H3. The van der Waals surface area contributed by atoms with Crippen LogP contribution in [-0.4, -0.2) is 57.3 Å². The number of sulfone groups is 1. The highest BCUT2D eigenvalue weighted by molar-refractivity contribution is 8.00. The molecule has 2 aromatic rings. The molecule has 7 nitrogen and oxygen atoms in total. The minimum absolute atomic E-state index is 0.0628. The first-order valence-electron chi connectivity index (χ1n) is 9.87. The van der Waals surface area contributed by atoms with Crippen LogP contribution in [0.25, 0.3) is 0 Å². The van der Waals surface area contributed by atoms with Crippen molar-refractivity contribution in [2.75, 3.05) is 18.1 Å². The van der Waals surface area contributed by atoms with Crippen LogP contribution in [-0.2, 0) is 34.6 Å². The van der Waals surface area contributed by atoms with Gasteiger partial charge in [0.05, 0.1) is 16.8 Å². The van der Waals surface area contributed by atoms with Gasteiger partial charge in [0, 0.05) is 26.6 Å². The lowest BCUT2D eigenvalue weighted by atomic mass is 10.1. The molecular weight excluding hydrogens is 408 g/mol. The molecule has 1 aromatic heterocycles. The van der Waals surface area contributed by atoms with E-state index in [4.69, 9.17) is 0 Å². The summed E-state index contributed by atoms with van der Waals surface area (Å²) in [5, 5.41) is 8.87. The number of benzene rings is 1. The quantitative estimate of drug-likeness (QED) is 0.591. The molecule has 2 unspecified atom stereocenters. The molecule has 0 spiro atoms. The Morgan fingerprint density at radius 1 is 1.31 bits per heavy atom. The van der Waals surface area contributed by atoms with Gasteiger partial charge in [0.15, 0.2) is 15.0 Å². The number of carbonyl (C=O) groups excluding carboxylic acids is 1. The predicted octanol–water partition coefficient (Wildman–Crippen LogP) is 2.32. The van der Waals surface area contributed by atoms with Crippen molar-refractivity contribution in [1.82, 2.24) is 19.7 Å². The maximum absolute atomic E-state index is 12.9. The molecule has 0 aliphatic carbocycles. The molecule has 2 heterocycles. The highest BCUT2D eigenvalue weighted by Crippen LogP contribution is 2.26. The van der Waals surface area contributed by atoms with E-state index in [1.165, 1.54) is 11.8 Å². The Morgan fingerprint density at radius 2 is 2.03 bits per heavy atom. The maximum Gasteiger partial charge on any atom is 0.236 e. The summed E-state index contributed by atoms with van der Waals surface area (Å²) < 4.78 is 25.2. The SMILES string of the molecule is CCN(Cc1ccccc1)C(=O)C(C)Sc1nnc(CC2CCS(=O)(=O)C2)n1C. The number of hydrogen-bond donors (Lipinski definition) is 0. The highest BCUT2D eigenvalue weighted by Gasteiger charge is 2.30. The van der Waals surface area contributed by atoms with Crippen LogP contribution in [0, 0.1) is 5.92 Å². The van der Waals surface area contributed by atoms with E-state index >= 15 is 0 Å². The lowest BCUT2D eigenvalue weighted by molar-refractivity contribution is -0.130. The predicted molar refractivity (Wildman–Crippen MR) is 114 cm³/mol. The number of thioether (sulfide) groups is 1. The van der Waals surface area contributed by atoms with Crippen LogP contribution in [0.1, 0.15) is 31.7 Å². The molecular formula is C20H28N4O3S2. The van der Waals surface area contributed by atoms with Gasteiger partial charge in [-0.3, -0.25) is 4.79 Å². The summed E-state index contributed by atoms with van der Waals surface area (Å²) in [4.78, 5) is 14.8. The number of amides is 1. The Bertz CT molecular complexity index is 944. The number of carbonyl (C=O) groups is 1. The van der Waals surface area contributed by atoms with Crippen molar-refractivity contribution in [2.24, 2.45) is 13.0 Å². The van der Waals surface area contributed by atoms with E-state index in [2.05, 4.69) is 10.2 Å². The van der Waals surface area contributed by atoms with Gasteiger partial charge < -0.3 is 9.47 Å². The molecule has 1 aliphatic heterocycles. The van der Waals surface area contributed by atoms with Gasteiger partial charge in [0.2, 0.25) is 5.91 Å². The Kier molecular flexibility index (Phi) is 7.00. The number of aromatic nitrogens is 3. The van der Waals surface area contributed by atoms with E-state index in [-0.39, 0.29) is 28.6 Å². The lowest BCUT2D eigenvalue weighted by Gasteiger charge is -2.24. The van der Waals surface area contributed by atoms with E-state index in [1.54, 1.807) is 0 Å². The topological polar surface area (TPSA) is 85.2 Å². The largest absolute Gasteiger partial charge is 0.338 e. The molecule has 29 heavy (non-hydrogen) atoms. The Labute approximate surface area is 176 Å². The smallest absolute Gasteiger partial charge is 0.236 e. The minimum Gasteiger partial charge on any atom is -0.338 e. The van der Waals surface area contributed by atoms with Crippen molar-refractivity contribution >= 4 is 27.5 Å². The summed E-state index contributed by atoms with van der Waals surface area (Å²) >= 11 is 1.39. The summed E-state index contributed by atoms with van der Waals surface area (Å²) in [7, 11) is -1.03. The third-order valence-corrected chi connectivity index (χ3v) is 8.22. The number of hydrogen-bond acceptors (Lipinski definition) is 6. The van der Waals surface area contributed by atoms with Gasteiger partial charge in [-0.1, -0.05) is 42.1 Å². The van der Waals surface area contributed by atoms with Crippen LogP contribution in [0.3, 0.4) is 0 Å². The molecule has 3 rings (SSSR count). The third kappa shape index (κ3) is 5.60. The normalized spacial score (nSPS) is 19.2. The van der Waals surface area contributed by atoms with E-state index in [9.17, 15) is 13.2 Å². The lowest BCUT2D eigenvalue weighted by Crippen LogP contribution is -2.36. The van der Waals surface area contributed by atoms with E-state index in [0.717, 1.165) is 11.4 Å². The van der Waals surface area contributed by atoms with Crippen molar-refractivity contribution in [3.63, 3.8) is 0 Å². The minimum atomic E-state index is -2.90. The van der Waals surface area contributed by atoms with Crippen molar-refractivity contribution < 1.29 is 13.2 Å². The zero-order valence-electron chi connectivity index (χ0n) is 17.1. The molecule has 2 atom stereocenters. The Morgan fingerprint density at radius 3 is 2.66 bits per heavy atom. The second-order valence-electron chi connectivity index (χ2n) is 7.53. The molecule has 1 aliphatic rings. The van der Waals surface area contributed by atoms with E-state index in [1.807, 2.05) is 60.7 Å². The molecule has 0 bridgehead atoms. The average molecular weight is 437 g/mol. The maximum atomic E-state index is 12.9. The summed E-state index contributed by atoms with van der Waals surface area (Å²) in [6.45, 7) is 5.09. The van der Waals surface area contributed by atoms with Gasteiger partial charge in [0.1, 0.15) is 5.82 Å². The summed E-state index contributed by atoms with van der Waals surface area (Å²) in [6, 6.07) is 9.95. The van der Waals surface area contributed by atoms with Crippen LogP contribution in [0.2, 0.25) is 0 Å². The fourth-order valence-electron chi connectivity index (χ4n) is 3.53. The molecule has 0 saturated carbocycles. The Hall–Kier alpha value is -1.87. The van der Waals surface area contributed by atoms with Gasteiger partial charge in [-0.25, -0.2) is 8.42 Å². The zero-order chi connectivity index (χ0) is 21.0. The second-order valence-corrected chi connectivity index (χ2v) is 11.1. The van der Waals surface area contributed by atoms with E-state index in [0.29, 0.717) is 31.1 Å². The first-order chi connectivity index (χ1) is 13.8. The van der Waals surface area contributed by atoms with Gasteiger partial charge in [-0.2, -0.15) is 0 Å². The summed E-state index contributed by atoms with van der Waals surface area (Å²) in [5.41, 5.74) is 1.10. The summed E-state index contributed by atoms with van der Waals surface area (Å²) in [5.74, 6) is 1.42. The average Bonchev–Trinajstić information content (AvgIpc) is 3.22. The van der Waals surface area contributed by atoms with Crippen molar-refractivity contribution in [2.45, 2.75) is 43.6 Å². The number of nitrogens with zero attached hydrogens (tertiary/aromatic N) is 4. The Balaban J connectivity index is 1.61. The number of rotatable bonds is 8. The van der Waals surface area contributed by atoms with Gasteiger partial charge >= 0.3 is 0 Å². The third-order valence-electron chi connectivity index (χ3n) is 5.26. The fraction of sp³-hybridized carbons (Fsp3) is 0.550. The van der Waals surface area contributed by atoms with Gasteiger partial charge in [-0.05, 0) is 31.7 Å². The first kappa shape index (κ1) is 21.8. The molecule has 0 N–H and O–H groups in total. The molecule has 1 amide bonds. The molecule has 158 valence electrons. The van der Waals surface area contributed by atoms with Crippen LogP contribution in [0.5, 0.6) is 0 Å². The molecule has 0 radical (unpaired) electrons. The van der Waals surface area contributed by atoms with Gasteiger partial charge in [0.25, 0.3) is 0 Å². The first-order valence-corrected chi connectivity index (χ1v) is 12.6. The zero-order valence-corrected chi connectivity index (χ0v) is 18.7. The fourth-order valence-corrected chi connectivity index (χ4v) is 6.31. The van der Waals surface area contributed by atoms with Crippen molar-refractivity contribution in [3.05, 3.63) is 41.7 Å². The molecule has 1 saturated heterocycles. The second kappa shape index (κ2) is 9.30. The monoisotopic (exact) mass is 436 g/mol. The van der Waals surface area contributed by atoms with Crippen molar-refractivity contribution in [3.8, 4) is 0 Å². The van der Waals surface area contributed by atoms with Crippen LogP contribution in [0.15, 0.2) is 35.5 Å². The molecule has 9 heteroatoms. The van der Waals surface area contributed by atoms with Crippen LogP contribution >= 0.6 is 11.8 Å². The van der Waals surface area contributed by atoms with Crippen molar-refractivity contribution in [1.29, 1.82) is 0 Å². The van der Waals surface area contributed by atoms with Crippen LogP contribution in [0.4, 0.5) is 0 Å². The summed E-state index contributed by atoms with van der Waals surface area (Å²) in [6.07, 6.45) is 1.28. The van der Waals surface area contributed by atoms with E-state index < -0.39 is 9.84 Å². The van der Waals surface area contributed by atoms with Crippen LogP contribution < -0.4 is 0 Å².